The van der Waals surface area contributed by atoms with Gasteiger partial charge in [-0.3, -0.25) is 4.79 Å². The Bertz CT molecular complexity index is 1370. The number of hydrogen-bond donors (Lipinski definition) is 3. The van der Waals surface area contributed by atoms with E-state index in [1.54, 1.807) is 7.11 Å². The number of carbonyl (C=O) groups is 1. The number of aromatic nitrogens is 3. The van der Waals surface area contributed by atoms with Crippen molar-refractivity contribution in [3.8, 4) is 5.75 Å². The van der Waals surface area contributed by atoms with Gasteiger partial charge in [0, 0.05) is 42.2 Å². The third-order valence-electron chi connectivity index (χ3n) is 6.23. The lowest BCUT2D eigenvalue weighted by molar-refractivity contribution is -0.130. The molecule has 1 amide bonds. The predicted molar refractivity (Wildman–Crippen MR) is 126 cm³/mol. The first-order valence-corrected chi connectivity index (χ1v) is 10.9. The molecule has 2 aromatic carbocycles. The van der Waals surface area contributed by atoms with E-state index in [0.29, 0.717) is 13.0 Å². The summed E-state index contributed by atoms with van der Waals surface area (Å²) in [7, 11) is 1.68. The first-order valence-electron chi connectivity index (χ1n) is 10.9. The molecule has 0 spiro atoms. The van der Waals surface area contributed by atoms with Crippen LogP contribution >= 0.6 is 0 Å². The molecule has 0 unspecified atom stereocenters. The summed E-state index contributed by atoms with van der Waals surface area (Å²) in [6.45, 7) is 1.37. The number of amides is 1. The Morgan fingerprint density at radius 2 is 1.94 bits per heavy atom. The van der Waals surface area contributed by atoms with Gasteiger partial charge in [-0.1, -0.05) is 12.1 Å². The van der Waals surface area contributed by atoms with E-state index in [9.17, 15) is 9.59 Å². The average Bonchev–Trinajstić information content (AvgIpc) is 3.40. The van der Waals surface area contributed by atoms with Crippen LogP contribution in [0.15, 0.2) is 53.5 Å². The minimum atomic E-state index is -0.198. The molecule has 0 saturated carbocycles. The third-order valence-corrected chi connectivity index (χ3v) is 6.23. The third kappa shape index (κ3) is 3.93. The van der Waals surface area contributed by atoms with Crippen LogP contribution in [0.25, 0.3) is 27.5 Å². The van der Waals surface area contributed by atoms with Crippen LogP contribution in [-0.2, 0) is 11.2 Å². The molecule has 0 radical (unpaired) electrons. The van der Waals surface area contributed by atoms with Crippen molar-refractivity contribution in [3.05, 3.63) is 70.3 Å². The molecule has 7 heteroatoms. The number of hydrogen-bond acceptors (Lipinski definition) is 3. The first kappa shape index (κ1) is 20.2. The summed E-state index contributed by atoms with van der Waals surface area (Å²) in [5, 5.41) is 1.15. The largest absolute Gasteiger partial charge is 0.497 e. The highest BCUT2D eigenvalue weighted by Crippen LogP contribution is 2.31. The first-order chi connectivity index (χ1) is 15.6. The lowest BCUT2D eigenvalue weighted by Gasteiger charge is -2.26. The number of nitrogens with zero attached hydrogens (tertiary/aromatic N) is 1. The predicted octanol–water partition coefficient (Wildman–Crippen LogP) is 3.98. The number of H-pyrrole nitrogens is 3. The van der Waals surface area contributed by atoms with E-state index >= 15 is 0 Å². The highest BCUT2D eigenvalue weighted by atomic mass is 16.5. The maximum atomic E-state index is 12.7. The molecule has 3 heterocycles. The number of rotatable bonds is 6. The number of aromatic amines is 3. The minimum Gasteiger partial charge on any atom is -0.497 e. The van der Waals surface area contributed by atoms with Gasteiger partial charge in [-0.15, -0.1) is 0 Å². The number of carbonyl (C=O) groups excluding carboxylic acids is 1. The van der Waals surface area contributed by atoms with Gasteiger partial charge in [0.25, 0.3) is 0 Å². The van der Waals surface area contributed by atoms with Gasteiger partial charge < -0.3 is 24.6 Å². The summed E-state index contributed by atoms with van der Waals surface area (Å²) in [6.07, 6.45) is 7.17. The van der Waals surface area contributed by atoms with Crippen molar-refractivity contribution >= 4 is 33.4 Å². The number of ether oxygens (including phenoxy) is 1. The van der Waals surface area contributed by atoms with Crippen molar-refractivity contribution in [1.29, 1.82) is 0 Å². The summed E-state index contributed by atoms with van der Waals surface area (Å²) in [6, 6.07) is 11.9. The summed E-state index contributed by atoms with van der Waals surface area (Å²) < 4.78 is 5.37. The lowest BCUT2D eigenvalue weighted by Crippen LogP contribution is -2.34. The molecule has 7 nitrogen and oxygen atoms in total. The summed E-state index contributed by atoms with van der Waals surface area (Å²) in [4.78, 5) is 34.9. The lowest BCUT2D eigenvalue weighted by atomic mass is 9.98. The maximum absolute atomic E-state index is 12.7. The van der Waals surface area contributed by atoms with Crippen LogP contribution in [0.1, 0.15) is 30.4 Å². The smallest absolute Gasteiger partial charge is 0.323 e. The van der Waals surface area contributed by atoms with Gasteiger partial charge in [-0.2, -0.15) is 0 Å². The van der Waals surface area contributed by atoms with Crippen LogP contribution in [-0.4, -0.2) is 46.0 Å². The second-order valence-electron chi connectivity index (χ2n) is 8.25. The topological polar surface area (TPSA) is 94.0 Å². The van der Waals surface area contributed by atoms with Crippen LogP contribution in [0, 0.1) is 0 Å². The second kappa shape index (κ2) is 8.42. The van der Waals surface area contributed by atoms with Gasteiger partial charge in [-0.25, -0.2) is 4.79 Å². The Hall–Kier alpha value is -3.74. The molecule has 0 atom stereocenters. The molecule has 32 heavy (non-hydrogen) atoms. The molecular weight excluding hydrogens is 404 g/mol. The van der Waals surface area contributed by atoms with Crippen molar-refractivity contribution in [2.45, 2.75) is 25.7 Å². The van der Waals surface area contributed by atoms with E-state index in [2.05, 4.69) is 27.1 Å². The van der Waals surface area contributed by atoms with Crippen LogP contribution in [0.3, 0.4) is 0 Å². The van der Waals surface area contributed by atoms with Gasteiger partial charge in [0.2, 0.25) is 5.91 Å². The number of fused-ring (bicyclic) bond motifs is 2. The second-order valence-corrected chi connectivity index (χ2v) is 8.25. The normalized spacial score (nSPS) is 14.2. The number of benzene rings is 2. The van der Waals surface area contributed by atoms with Gasteiger partial charge in [0.15, 0.2) is 0 Å². The Kier molecular flexibility index (Phi) is 5.31. The van der Waals surface area contributed by atoms with E-state index in [-0.39, 0.29) is 11.6 Å². The van der Waals surface area contributed by atoms with Crippen LogP contribution in [0.5, 0.6) is 5.75 Å². The molecule has 2 aromatic heterocycles. The van der Waals surface area contributed by atoms with E-state index in [1.807, 2.05) is 41.4 Å². The highest BCUT2D eigenvalue weighted by Gasteiger charge is 2.19. The van der Waals surface area contributed by atoms with Crippen molar-refractivity contribution in [3.63, 3.8) is 0 Å². The number of aryl methyl sites for hydroxylation is 1. The molecule has 4 aromatic rings. The van der Waals surface area contributed by atoms with Crippen molar-refractivity contribution < 1.29 is 9.53 Å². The van der Waals surface area contributed by atoms with Crippen LogP contribution in [0.4, 0.5) is 0 Å². The van der Waals surface area contributed by atoms with E-state index in [0.717, 1.165) is 59.1 Å². The van der Waals surface area contributed by atoms with Gasteiger partial charge >= 0.3 is 5.69 Å². The fraction of sp³-hybridized carbons (Fsp3) is 0.280. The van der Waals surface area contributed by atoms with Gasteiger partial charge in [-0.05, 0) is 60.7 Å². The van der Waals surface area contributed by atoms with E-state index in [4.69, 9.17) is 4.74 Å². The molecule has 5 rings (SSSR count). The Balaban J connectivity index is 1.19. The number of nitrogens with one attached hydrogen (secondary N) is 3. The SMILES string of the molecule is COc1ccc2[nH]cc(C3=CCN(C(=O)CCCc4ccc5[nH]c(=O)[nH]c5c4)CC3)c2c1. The van der Waals surface area contributed by atoms with Gasteiger partial charge in [0.05, 0.1) is 18.1 Å². The molecule has 1 aliphatic heterocycles. The van der Waals surface area contributed by atoms with Crippen LogP contribution < -0.4 is 10.4 Å². The fourth-order valence-electron chi connectivity index (χ4n) is 4.47. The zero-order valence-corrected chi connectivity index (χ0v) is 18.0. The fourth-order valence-corrected chi connectivity index (χ4v) is 4.47. The average molecular weight is 431 g/mol. The van der Waals surface area contributed by atoms with Crippen LogP contribution in [0.2, 0.25) is 0 Å². The summed E-state index contributed by atoms with van der Waals surface area (Å²) in [5.74, 6) is 1.03. The molecule has 3 N–H and O–H groups in total. The molecule has 0 aliphatic carbocycles. The Morgan fingerprint density at radius 1 is 1.09 bits per heavy atom. The van der Waals surface area contributed by atoms with E-state index < -0.39 is 0 Å². The van der Waals surface area contributed by atoms with Crippen molar-refractivity contribution in [1.82, 2.24) is 19.9 Å². The number of methoxy groups -OCH3 is 1. The molecule has 164 valence electrons. The monoisotopic (exact) mass is 430 g/mol. The van der Waals surface area contributed by atoms with Gasteiger partial charge in [0.1, 0.15) is 5.75 Å². The summed E-state index contributed by atoms with van der Waals surface area (Å²) >= 11 is 0. The summed E-state index contributed by atoms with van der Waals surface area (Å²) in [5.41, 5.74) is 6.07. The zero-order chi connectivity index (χ0) is 22.1. The standard InChI is InChI=1S/C25H26N4O3/c1-32-18-6-8-21-19(14-18)20(15-26-21)17-9-11-29(12-10-17)24(30)4-2-3-16-5-7-22-23(13-16)28-25(31)27-22/h5-9,13-15,26H,2-4,10-12H2,1H3,(H2,27,28,31). The molecule has 0 fully saturated rings. The Labute approximate surface area is 185 Å². The molecule has 0 saturated heterocycles. The molecule has 0 bridgehead atoms. The maximum Gasteiger partial charge on any atom is 0.323 e. The molecular formula is C25H26N4O3. The van der Waals surface area contributed by atoms with Crippen molar-refractivity contribution in [2.75, 3.05) is 20.2 Å². The van der Waals surface area contributed by atoms with Crippen molar-refractivity contribution in [2.24, 2.45) is 0 Å². The van der Waals surface area contributed by atoms with E-state index in [1.165, 1.54) is 11.1 Å². The Morgan fingerprint density at radius 3 is 2.75 bits per heavy atom. The highest BCUT2D eigenvalue weighted by molar-refractivity contribution is 5.94. The number of imidazole rings is 1. The minimum absolute atomic E-state index is 0.192. The zero-order valence-electron chi connectivity index (χ0n) is 18.0. The molecule has 1 aliphatic rings. The quantitative estimate of drug-likeness (QED) is 0.432.